The molecule has 3 aliphatic heterocycles. The molecule has 0 spiro atoms. The standard InChI is InChI=1S/C45H46N8O9S/c54-39(9-4-20-46-36-8-3-6-34-41(36)45(59)53(44(34)58)38-18-19-40(55)50-43(38)57)48-26-28-10-16-32(17-11-28)63(60,61)51-37(25-29-27-47-35-7-2-1-5-33(29)35)42(56)49-30-12-14-31(15-13-30)52-21-23-62-24-22-52/h1-3,5-8,10-17,27,37-38,46-47,51H,4,9,18-26H2,(H,48,54)(H,49,56)(H,50,55,57)/t37-,38?/m0/s1. The van der Waals surface area contributed by atoms with Gasteiger partial charge in [0.15, 0.2) is 0 Å². The van der Waals surface area contributed by atoms with Crippen LogP contribution in [-0.2, 0) is 46.9 Å². The van der Waals surface area contributed by atoms with Crippen LogP contribution in [0, 0.1) is 0 Å². The molecule has 6 N–H and O–H groups in total. The summed E-state index contributed by atoms with van der Waals surface area (Å²) in [5.74, 6) is -3.16. The van der Waals surface area contributed by atoms with Gasteiger partial charge in [-0.25, -0.2) is 8.42 Å². The van der Waals surface area contributed by atoms with E-state index in [9.17, 15) is 37.2 Å². The van der Waals surface area contributed by atoms with Crippen LogP contribution in [0.25, 0.3) is 10.9 Å². The van der Waals surface area contributed by atoms with Crippen molar-refractivity contribution in [2.24, 2.45) is 0 Å². The van der Waals surface area contributed by atoms with Crippen molar-refractivity contribution in [3.8, 4) is 0 Å². The van der Waals surface area contributed by atoms with Gasteiger partial charge in [-0.1, -0.05) is 36.4 Å². The molecule has 5 aromatic rings. The van der Waals surface area contributed by atoms with Gasteiger partial charge in [0.05, 0.1) is 29.2 Å². The quantitative estimate of drug-likeness (QED) is 0.0622. The molecule has 18 heteroatoms. The number of H-pyrrole nitrogens is 1. The van der Waals surface area contributed by atoms with E-state index >= 15 is 0 Å². The Kier molecular flexibility index (Phi) is 12.6. The van der Waals surface area contributed by atoms with E-state index in [0.717, 1.165) is 40.1 Å². The molecule has 17 nitrogen and oxygen atoms in total. The Labute approximate surface area is 363 Å². The predicted molar refractivity (Wildman–Crippen MR) is 233 cm³/mol. The van der Waals surface area contributed by atoms with Crippen LogP contribution in [0.2, 0.25) is 0 Å². The molecule has 4 aromatic carbocycles. The van der Waals surface area contributed by atoms with Crippen molar-refractivity contribution in [3.63, 3.8) is 0 Å². The minimum absolute atomic E-state index is 0.0185. The number of aromatic amines is 1. The highest BCUT2D eigenvalue weighted by Gasteiger charge is 2.45. The van der Waals surface area contributed by atoms with Crippen LogP contribution in [0.4, 0.5) is 17.1 Å². The van der Waals surface area contributed by atoms with Crippen molar-refractivity contribution in [3.05, 3.63) is 119 Å². The zero-order chi connectivity index (χ0) is 44.1. The summed E-state index contributed by atoms with van der Waals surface area (Å²) in [6.45, 7) is 3.24. The number of imide groups is 2. The van der Waals surface area contributed by atoms with Crippen molar-refractivity contribution in [1.29, 1.82) is 0 Å². The summed E-state index contributed by atoms with van der Waals surface area (Å²) in [4.78, 5) is 83.4. The van der Waals surface area contributed by atoms with E-state index in [-0.39, 0.29) is 54.2 Å². The summed E-state index contributed by atoms with van der Waals surface area (Å²) in [5, 5.41) is 11.9. The lowest BCUT2D eigenvalue weighted by Crippen LogP contribution is -2.54. The second-order valence-corrected chi connectivity index (χ2v) is 17.2. The van der Waals surface area contributed by atoms with Gasteiger partial charge in [-0.15, -0.1) is 0 Å². The Morgan fingerprint density at radius 3 is 2.40 bits per heavy atom. The smallest absolute Gasteiger partial charge is 0.264 e. The van der Waals surface area contributed by atoms with Crippen LogP contribution >= 0.6 is 0 Å². The lowest BCUT2D eigenvalue weighted by atomic mass is 10.0. The molecule has 0 bridgehead atoms. The number of rotatable bonds is 16. The number of amides is 6. The number of nitrogens with one attached hydrogen (secondary N) is 6. The molecule has 2 saturated heterocycles. The molecule has 4 heterocycles. The van der Waals surface area contributed by atoms with E-state index in [2.05, 4.69) is 35.9 Å². The molecule has 8 rings (SSSR count). The van der Waals surface area contributed by atoms with Gasteiger partial charge in [0.25, 0.3) is 11.8 Å². The Bertz CT molecular complexity index is 2680. The lowest BCUT2D eigenvalue weighted by molar-refractivity contribution is -0.136. The average molecular weight is 875 g/mol. The van der Waals surface area contributed by atoms with Crippen LogP contribution < -0.4 is 30.9 Å². The molecule has 1 unspecified atom stereocenters. The molecule has 2 fully saturated rings. The number of hydrogen-bond donors (Lipinski definition) is 6. The number of carbonyl (C=O) groups is 6. The van der Waals surface area contributed by atoms with E-state index in [1.807, 2.05) is 36.4 Å². The molecule has 3 aliphatic rings. The number of ether oxygens (including phenoxy) is 1. The Hall–Kier alpha value is -6.89. The fourth-order valence-corrected chi connectivity index (χ4v) is 9.18. The maximum Gasteiger partial charge on any atom is 0.264 e. The van der Waals surface area contributed by atoms with Crippen LogP contribution in [0.15, 0.2) is 102 Å². The summed E-state index contributed by atoms with van der Waals surface area (Å²) >= 11 is 0. The number of nitrogens with zero attached hydrogens (tertiary/aromatic N) is 2. The first kappa shape index (κ1) is 42.8. The number of sulfonamides is 1. The highest BCUT2D eigenvalue weighted by atomic mass is 32.2. The molecule has 0 saturated carbocycles. The third-order valence-electron chi connectivity index (χ3n) is 11.3. The van der Waals surface area contributed by atoms with Crippen molar-refractivity contribution < 1.29 is 41.9 Å². The largest absolute Gasteiger partial charge is 0.384 e. The maximum absolute atomic E-state index is 13.8. The first-order valence-electron chi connectivity index (χ1n) is 20.7. The van der Waals surface area contributed by atoms with Crippen molar-refractivity contribution in [1.82, 2.24) is 25.2 Å². The average Bonchev–Trinajstić information content (AvgIpc) is 3.81. The first-order valence-corrected chi connectivity index (χ1v) is 22.2. The highest BCUT2D eigenvalue weighted by molar-refractivity contribution is 7.89. The van der Waals surface area contributed by atoms with E-state index < -0.39 is 51.6 Å². The van der Waals surface area contributed by atoms with E-state index in [0.29, 0.717) is 43.1 Å². The van der Waals surface area contributed by atoms with Crippen LogP contribution in [0.5, 0.6) is 0 Å². The second-order valence-electron chi connectivity index (χ2n) is 15.5. The number of fused-ring (bicyclic) bond motifs is 2. The first-order chi connectivity index (χ1) is 30.4. The molecule has 6 amide bonds. The number of piperidine rings is 1. The SMILES string of the molecule is O=C(CCCNc1cccc2c1C(=O)N(C1CCC(=O)NC1=O)C2=O)NCc1ccc(S(=O)(=O)N[C@@H](Cc2c[nH]c3ccccc23)C(=O)Nc2ccc(N3CCOCC3)cc2)cc1. The number of morpholine rings is 1. The number of aromatic nitrogens is 1. The van der Waals surface area contributed by atoms with E-state index in [4.69, 9.17) is 4.74 Å². The summed E-state index contributed by atoms with van der Waals surface area (Å²) in [7, 11) is -4.19. The van der Waals surface area contributed by atoms with Gasteiger partial charge >= 0.3 is 0 Å². The fraction of sp³-hybridized carbons (Fsp3) is 0.289. The zero-order valence-electron chi connectivity index (χ0n) is 34.1. The van der Waals surface area contributed by atoms with Gasteiger partial charge in [0, 0.05) is 73.2 Å². The number of hydrogen-bond acceptors (Lipinski definition) is 11. The minimum atomic E-state index is -4.19. The van der Waals surface area contributed by atoms with Crippen molar-refractivity contribution >= 4 is 73.4 Å². The van der Waals surface area contributed by atoms with Crippen LogP contribution in [0.1, 0.15) is 57.5 Å². The molecular formula is C45H46N8O9S. The maximum atomic E-state index is 13.8. The molecule has 0 radical (unpaired) electrons. The highest BCUT2D eigenvalue weighted by Crippen LogP contribution is 2.32. The fourth-order valence-electron chi connectivity index (χ4n) is 7.98. The second kappa shape index (κ2) is 18.6. The summed E-state index contributed by atoms with van der Waals surface area (Å²) < 4.78 is 35.7. The number of carbonyl (C=O) groups excluding carboxylic acids is 6. The van der Waals surface area contributed by atoms with Crippen molar-refractivity contribution in [2.75, 3.05) is 48.4 Å². The topological polar surface area (TPSA) is 228 Å². The van der Waals surface area contributed by atoms with E-state index in [1.165, 1.54) is 18.2 Å². The van der Waals surface area contributed by atoms with E-state index in [1.54, 1.807) is 42.6 Å². The molecule has 0 aliphatic carbocycles. The minimum Gasteiger partial charge on any atom is -0.384 e. The monoisotopic (exact) mass is 874 g/mol. The summed E-state index contributed by atoms with van der Waals surface area (Å²) in [5.41, 5.74) is 4.49. The Morgan fingerprint density at radius 1 is 0.873 bits per heavy atom. The Balaban J connectivity index is 0.847. The number of benzene rings is 4. The van der Waals surface area contributed by atoms with Crippen molar-refractivity contribution in [2.45, 2.75) is 55.6 Å². The van der Waals surface area contributed by atoms with Gasteiger partial charge in [-0.3, -0.25) is 39.0 Å². The lowest BCUT2D eigenvalue weighted by Gasteiger charge is -2.29. The number of para-hydroxylation sites is 1. The third kappa shape index (κ3) is 9.62. The molecule has 63 heavy (non-hydrogen) atoms. The van der Waals surface area contributed by atoms with Gasteiger partial charge < -0.3 is 30.6 Å². The molecule has 2 atom stereocenters. The number of anilines is 3. The predicted octanol–water partition coefficient (Wildman–Crippen LogP) is 3.44. The molecular weight excluding hydrogens is 829 g/mol. The zero-order valence-corrected chi connectivity index (χ0v) is 35.0. The van der Waals surface area contributed by atoms with Gasteiger partial charge in [0.1, 0.15) is 12.1 Å². The molecule has 1 aromatic heterocycles. The van der Waals surface area contributed by atoms with Gasteiger partial charge in [-0.2, -0.15) is 4.72 Å². The third-order valence-corrected chi connectivity index (χ3v) is 12.8. The summed E-state index contributed by atoms with van der Waals surface area (Å²) in [6.07, 6.45) is 2.43. The summed E-state index contributed by atoms with van der Waals surface area (Å²) in [6, 6.07) is 23.5. The normalized spacial score (nSPS) is 17.0. The van der Waals surface area contributed by atoms with Crippen LogP contribution in [-0.4, -0.2) is 98.7 Å². The van der Waals surface area contributed by atoms with Gasteiger partial charge in [-0.05, 0) is 85.0 Å². The molecule has 326 valence electrons. The van der Waals surface area contributed by atoms with Crippen LogP contribution in [0.3, 0.4) is 0 Å². The Morgan fingerprint density at radius 2 is 1.63 bits per heavy atom. The van der Waals surface area contributed by atoms with Gasteiger partial charge in [0.2, 0.25) is 33.7 Å².